The van der Waals surface area contributed by atoms with Crippen LogP contribution < -0.4 is 4.90 Å². The van der Waals surface area contributed by atoms with Crippen molar-refractivity contribution < 1.29 is 0 Å². The first-order valence-corrected chi connectivity index (χ1v) is 25.0. The summed E-state index contributed by atoms with van der Waals surface area (Å²) in [5.41, 5.74) is 22.5. The summed E-state index contributed by atoms with van der Waals surface area (Å²) < 4.78 is 5.11. The molecular weight excluding hydrogens is 853 g/mol. The SMILES string of the molecule is CC1(C)c2ccccc2-c2cc3c4cc(-c5ccc(N(c6ccc(-c7ccc8sc9ccccc9c8c7)cc6)c6cccc7c6-c6ccccc6C7(C)C)cc5)ccc4n(-c4ccccc4)c3cc21. The molecule has 0 amide bonds. The van der Waals surface area contributed by atoms with Crippen LogP contribution in [0.15, 0.2) is 218 Å². The van der Waals surface area contributed by atoms with Gasteiger partial charge in [-0.25, -0.2) is 0 Å². The van der Waals surface area contributed by atoms with Gasteiger partial charge < -0.3 is 9.47 Å². The second-order valence-electron chi connectivity index (χ2n) is 20.1. The van der Waals surface area contributed by atoms with Gasteiger partial charge in [-0.15, -0.1) is 11.3 Å². The number of hydrogen-bond donors (Lipinski definition) is 0. The molecule has 0 aliphatic heterocycles. The highest BCUT2D eigenvalue weighted by Crippen LogP contribution is 2.55. The van der Waals surface area contributed by atoms with Crippen LogP contribution in [-0.4, -0.2) is 4.57 Å². The lowest BCUT2D eigenvalue weighted by molar-refractivity contribution is 0.660. The summed E-state index contributed by atoms with van der Waals surface area (Å²) in [6.45, 7) is 9.47. The molecule has 2 aliphatic carbocycles. The van der Waals surface area contributed by atoms with Gasteiger partial charge in [-0.2, -0.15) is 0 Å². The third-order valence-electron chi connectivity index (χ3n) is 15.6. The lowest BCUT2D eigenvalue weighted by Gasteiger charge is -2.29. The third-order valence-corrected chi connectivity index (χ3v) is 16.8. The summed E-state index contributed by atoms with van der Waals surface area (Å²) in [5.74, 6) is 0. The third kappa shape index (κ3) is 5.90. The van der Waals surface area contributed by atoms with Crippen LogP contribution in [0.4, 0.5) is 17.1 Å². The molecule has 0 fully saturated rings. The van der Waals surface area contributed by atoms with E-state index in [1.54, 1.807) is 0 Å². The second kappa shape index (κ2) is 14.8. The molecular formula is C66H48N2S. The van der Waals surface area contributed by atoms with Crippen molar-refractivity contribution in [3.8, 4) is 50.2 Å². The molecule has 0 saturated carbocycles. The topological polar surface area (TPSA) is 8.17 Å². The van der Waals surface area contributed by atoms with Crippen molar-refractivity contribution in [3.05, 3.63) is 241 Å². The first-order chi connectivity index (χ1) is 33.7. The summed E-state index contributed by atoms with van der Waals surface area (Å²) in [4.78, 5) is 2.47. The summed E-state index contributed by atoms with van der Waals surface area (Å²) in [6.07, 6.45) is 0. The Kier molecular flexibility index (Phi) is 8.58. The Bertz CT molecular complexity index is 4050. The van der Waals surface area contributed by atoms with E-state index in [0.29, 0.717) is 0 Å². The molecule has 0 bridgehead atoms. The standard InChI is InChI=1S/C66H48N2S/c1-65(2)56-21-12-9-19-50(56)64-57(65)22-14-23-60(64)67(47-33-27-42(28-34-47)44-30-36-63-54(38-44)49-18-10-13-24-62(49)69-63)46-31-25-41(26-32-46)43-29-35-59-52(37-43)53-39-51-48-17-8-11-20-55(48)66(3,4)58(51)40-61(53)68(59)45-15-6-5-7-16-45/h5-40H,1-4H3. The van der Waals surface area contributed by atoms with Crippen LogP contribution in [0.3, 0.4) is 0 Å². The van der Waals surface area contributed by atoms with E-state index < -0.39 is 0 Å². The first-order valence-electron chi connectivity index (χ1n) is 24.2. The van der Waals surface area contributed by atoms with Crippen molar-refractivity contribution >= 4 is 70.4 Å². The van der Waals surface area contributed by atoms with Gasteiger partial charge in [0.2, 0.25) is 0 Å². The van der Waals surface area contributed by atoms with Crippen LogP contribution >= 0.6 is 11.3 Å². The molecule has 2 aliphatic rings. The Hall–Kier alpha value is -7.98. The lowest BCUT2D eigenvalue weighted by Crippen LogP contribution is -2.16. The minimum Gasteiger partial charge on any atom is -0.310 e. The molecule has 0 unspecified atom stereocenters. The van der Waals surface area contributed by atoms with Crippen LogP contribution in [-0.2, 0) is 10.8 Å². The summed E-state index contributed by atoms with van der Waals surface area (Å²) >= 11 is 1.87. The van der Waals surface area contributed by atoms with Gasteiger partial charge in [0.25, 0.3) is 0 Å². The molecule has 0 spiro atoms. The van der Waals surface area contributed by atoms with Gasteiger partial charge in [-0.05, 0) is 146 Å². The van der Waals surface area contributed by atoms with E-state index >= 15 is 0 Å². The van der Waals surface area contributed by atoms with E-state index in [9.17, 15) is 0 Å². The minimum absolute atomic E-state index is 0.0882. The van der Waals surface area contributed by atoms with Gasteiger partial charge in [-0.3, -0.25) is 0 Å². The van der Waals surface area contributed by atoms with Crippen LogP contribution in [0, 0.1) is 0 Å². The number of aromatic nitrogens is 1. The fourth-order valence-electron chi connectivity index (χ4n) is 12.1. The number of fused-ring (bicyclic) bond motifs is 12. The van der Waals surface area contributed by atoms with Crippen molar-refractivity contribution in [3.63, 3.8) is 0 Å². The molecule has 12 aromatic rings. The molecule has 0 atom stereocenters. The van der Waals surface area contributed by atoms with E-state index in [0.717, 1.165) is 11.4 Å². The van der Waals surface area contributed by atoms with E-state index in [1.807, 2.05) is 11.3 Å². The van der Waals surface area contributed by atoms with Crippen LogP contribution in [0.5, 0.6) is 0 Å². The van der Waals surface area contributed by atoms with Crippen molar-refractivity contribution in [2.75, 3.05) is 4.90 Å². The summed E-state index contributed by atoms with van der Waals surface area (Å²) in [6, 6.07) is 81.8. The Morgan fingerprint density at radius 1 is 0.362 bits per heavy atom. The maximum atomic E-state index is 2.47. The highest BCUT2D eigenvalue weighted by Gasteiger charge is 2.38. The van der Waals surface area contributed by atoms with Gasteiger partial charge in [-0.1, -0.05) is 161 Å². The predicted molar refractivity (Wildman–Crippen MR) is 294 cm³/mol. The van der Waals surface area contributed by atoms with E-state index in [2.05, 4.69) is 256 Å². The van der Waals surface area contributed by atoms with Crippen LogP contribution in [0.25, 0.3) is 92.2 Å². The van der Waals surface area contributed by atoms with E-state index in [-0.39, 0.29) is 10.8 Å². The van der Waals surface area contributed by atoms with E-state index in [4.69, 9.17) is 0 Å². The molecule has 0 N–H and O–H groups in total. The molecule has 2 aromatic heterocycles. The molecule has 0 saturated heterocycles. The Labute approximate surface area is 407 Å². The zero-order chi connectivity index (χ0) is 46.2. The molecule has 2 heterocycles. The molecule has 3 heteroatoms. The fraction of sp³-hybridized carbons (Fsp3) is 0.0909. The number of rotatable bonds is 6. The number of hydrogen-bond acceptors (Lipinski definition) is 2. The Morgan fingerprint density at radius 2 is 0.913 bits per heavy atom. The van der Waals surface area contributed by atoms with Gasteiger partial charge in [0, 0.05) is 64.4 Å². The highest BCUT2D eigenvalue weighted by molar-refractivity contribution is 7.25. The molecule has 2 nitrogen and oxygen atoms in total. The highest BCUT2D eigenvalue weighted by atomic mass is 32.1. The second-order valence-corrected chi connectivity index (χ2v) is 21.2. The normalized spacial score (nSPS) is 14.0. The lowest BCUT2D eigenvalue weighted by atomic mass is 9.82. The average Bonchev–Trinajstić information content (AvgIpc) is 4.07. The molecule has 328 valence electrons. The molecule has 14 rings (SSSR count). The van der Waals surface area contributed by atoms with Gasteiger partial charge in [0.1, 0.15) is 0 Å². The number of benzene rings is 10. The number of anilines is 3. The largest absolute Gasteiger partial charge is 0.310 e. The van der Waals surface area contributed by atoms with Crippen LogP contribution in [0.1, 0.15) is 49.9 Å². The van der Waals surface area contributed by atoms with Gasteiger partial charge in [0.15, 0.2) is 0 Å². The maximum absolute atomic E-state index is 2.47. The number of para-hydroxylation sites is 1. The molecule has 69 heavy (non-hydrogen) atoms. The number of thiophene rings is 1. The zero-order valence-electron chi connectivity index (χ0n) is 39.1. The molecule has 10 aromatic carbocycles. The van der Waals surface area contributed by atoms with Gasteiger partial charge >= 0.3 is 0 Å². The van der Waals surface area contributed by atoms with Crippen molar-refractivity contribution in [1.29, 1.82) is 0 Å². The monoisotopic (exact) mass is 900 g/mol. The van der Waals surface area contributed by atoms with Crippen LogP contribution in [0.2, 0.25) is 0 Å². The van der Waals surface area contributed by atoms with Crippen molar-refractivity contribution in [2.45, 2.75) is 38.5 Å². The fourth-order valence-corrected chi connectivity index (χ4v) is 13.2. The Balaban J connectivity index is 0.903. The van der Waals surface area contributed by atoms with Gasteiger partial charge in [0.05, 0.1) is 16.7 Å². The zero-order valence-corrected chi connectivity index (χ0v) is 39.9. The predicted octanol–water partition coefficient (Wildman–Crippen LogP) is 18.6. The first kappa shape index (κ1) is 40.1. The van der Waals surface area contributed by atoms with E-state index in [1.165, 1.54) is 120 Å². The minimum atomic E-state index is -0.117. The van der Waals surface area contributed by atoms with Crippen molar-refractivity contribution in [2.24, 2.45) is 0 Å². The smallest absolute Gasteiger partial charge is 0.0544 e. The average molecular weight is 901 g/mol. The number of nitrogens with zero attached hydrogens (tertiary/aromatic N) is 2. The maximum Gasteiger partial charge on any atom is 0.0544 e. The Morgan fingerprint density at radius 3 is 1.65 bits per heavy atom. The van der Waals surface area contributed by atoms with Crippen molar-refractivity contribution in [1.82, 2.24) is 4.57 Å². The summed E-state index contributed by atoms with van der Waals surface area (Å²) in [5, 5.41) is 5.18. The summed E-state index contributed by atoms with van der Waals surface area (Å²) in [7, 11) is 0. The quantitative estimate of drug-likeness (QED) is 0.161. The molecule has 0 radical (unpaired) electrons.